The molecule has 5 nitrogen and oxygen atoms in total. The van der Waals surface area contributed by atoms with Gasteiger partial charge in [-0.25, -0.2) is 0 Å². The third-order valence-electron chi connectivity index (χ3n) is 4.06. The fourth-order valence-electron chi connectivity index (χ4n) is 2.77. The number of ketones is 1. The quantitative estimate of drug-likeness (QED) is 0.814. The van der Waals surface area contributed by atoms with Crippen LogP contribution in [0.1, 0.15) is 32.9 Å². The van der Waals surface area contributed by atoms with Gasteiger partial charge >= 0.3 is 0 Å². The van der Waals surface area contributed by atoms with E-state index in [9.17, 15) is 9.59 Å². The summed E-state index contributed by atoms with van der Waals surface area (Å²) in [6, 6.07) is 10.6. The molecular weight excluding hydrogens is 294 g/mol. The largest absolute Gasteiger partial charge is 0.459 e. The Kier molecular flexibility index (Phi) is 4.57. The van der Waals surface area contributed by atoms with Crippen LogP contribution in [0, 0.1) is 6.92 Å². The summed E-state index contributed by atoms with van der Waals surface area (Å²) >= 11 is 0. The normalized spacial score (nSPS) is 18.0. The number of hydrogen-bond donors (Lipinski definition) is 0. The Morgan fingerprint density at radius 2 is 2.00 bits per heavy atom. The van der Waals surface area contributed by atoms with Crippen LogP contribution in [0.5, 0.6) is 0 Å². The molecule has 1 fully saturated rings. The van der Waals surface area contributed by atoms with Gasteiger partial charge in [-0.3, -0.25) is 9.59 Å². The Morgan fingerprint density at radius 1 is 1.22 bits per heavy atom. The first-order valence-corrected chi connectivity index (χ1v) is 7.68. The van der Waals surface area contributed by atoms with Crippen LogP contribution in [0.3, 0.4) is 0 Å². The molecule has 0 bridgehead atoms. The molecule has 2 aromatic rings. The highest BCUT2D eigenvalue weighted by Gasteiger charge is 2.32. The SMILES string of the molecule is Cc1ccoc1C(=O)N1CCOC[C@@H]1CC(=O)c1ccccc1. The molecule has 1 saturated heterocycles. The first-order valence-electron chi connectivity index (χ1n) is 7.68. The third kappa shape index (κ3) is 3.35. The monoisotopic (exact) mass is 313 g/mol. The van der Waals surface area contributed by atoms with Crippen LogP contribution < -0.4 is 0 Å². The number of Topliss-reactive ketones (excluding diaryl/α,β-unsaturated/α-hetero) is 1. The molecule has 5 heteroatoms. The Labute approximate surface area is 134 Å². The van der Waals surface area contributed by atoms with Gasteiger partial charge < -0.3 is 14.1 Å². The van der Waals surface area contributed by atoms with Crippen LogP contribution in [0.4, 0.5) is 0 Å². The topological polar surface area (TPSA) is 59.8 Å². The Balaban J connectivity index is 1.75. The number of carbonyl (C=O) groups excluding carboxylic acids is 2. The standard InChI is InChI=1S/C18H19NO4/c1-13-7-9-23-17(13)18(21)19-8-10-22-12-15(19)11-16(20)14-5-3-2-4-6-14/h2-7,9,15H,8,10-12H2,1H3/t15-/m0/s1. The zero-order chi connectivity index (χ0) is 16.2. The summed E-state index contributed by atoms with van der Waals surface area (Å²) < 4.78 is 10.8. The van der Waals surface area contributed by atoms with Crippen molar-refractivity contribution in [3.8, 4) is 0 Å². The molecule has 1 aromatic heterocycles. The minimum Gasteiger partial charge on any atom is -0.459 e. The summed E-state index contributed by atoms with van der Waals surface area (Å²) in [5.74, 6) is 0.167. The molecule has 2 heterocycles. The zero-order valence-corrected chi connectivity index (χ0v) is 13.0. The molecule has 3 rings (SSSR count). The number of aryl methyl sites for hydroxylation is 1. The van der Waals surface area contributed by atoms with Gasteiger partial charge in [-0.2, -0.15) is 0 Å². The molecule has 1 aliphatic heterocycles. The molecule has 0 spiro atoms. The first-order chi connectivity index (χ1) is 11.2. The summed E-state index contributed by atoms with van der Waals surface area (Å²) in [4.78, 5) is 26.8. The van der Waals surface area contributed by atoms with Crippen molar-refractivity contribution in [1.82, 2.24) is 4.90 Å². The number of ether oxygens (including phenoxy) is 1. The van der Waals surface area contributed by atoms with Gasteiger partial charge in [-0.15, -0.1) is 0 Å². The maximum absolute atomic E-state index is 12.7. The van der Waals surface area contributed by atoms with Crippen LogP contribution in [-0.4, -0.2) is 42.4 Å². The van der Waals surface area contributed by atoms with Gasteiger partial charge in [0.1, 0.15) is 0 Å². The predicted octanol–water partition coefficient (Wildman–Crippen LogP) is 2.70. The lowest BCUT2D eigenvalue weighted by Gasteiger charge is -2.35. The van der Waals surface area contributed by atoms with E-state index in [2.05, 4.69) is 0 Å². The lowest BCUT2D eigenvalue weighted by atomic mass is 10.0. The first kappa shape index (κ1) is 15.5. The van der Waals surface area contributed by atoms with E-state index >= 15 is 0 Å². The van der Waals surface area contributed by atoms with Crippen molar-refractivity contribution < 1.29 is 18.7 Å². The average Bonchev–Trinajstić information content (AvgIpc) is 3.01. The molecule has 1 amide bonds. The van der Waals surface area contributed by atoms with E-state index in [-0.39, 0.29) is 24.2 Å². The lowest BCUT2D eigenvalue weighted by Crippen LogP contribution is -2.49. The summed E-state index contributed by atoms with van der Waals surface area (Å²) in [5.41, 5.74) is 1.45. The number of rotatable bonds is 4. The van der Waals surface area contributed by atoms with Crippen LogP contribution in [-0.2, 0) is 4.74 Å². The second-order valence-corrected chi connectivity index (χ2v) is 5.65. The van der Waals surface area contributed by atoms with E-state index in [0.717, 1.165) is 5.56 Å². The number of morpholine rings is 1. The lowest BCUT2D eigenvalue weighted by molar-refractivity contribution is -0.00435. The van der Waals surface area contributed by atoms with Crippen molar-refractivity contribution in [1.29, 1.82) is 0 Å². The van der Waals surface area contributed by atoms with Gasteiger partial charge in [0.2, 0.25) is 0 Å². The Morgan fingerprint density at radius 3 is 2.70 bits per heavy atom. The van der Waals surface area contributed by atoms with Crippen molar-refractivity contribution in [3.05, 3.63) is 59.5 Å². The van der Waals surface area contributed by atoms with Crippen LogP contribution in [0.15, 0.2) is 47.1 Å². The van der Waals surface area contributed by atoms with E-state index in [1.165, 1.54) is 6.26 Å². The summed E-state index contributed by atoms with van der Waals surface area (Å²) in [6.45, 7) is 3.14. The van der Waals surface area contributed by atoms with Gasteiger partial charge in [0.05, 0.1) is 25.5 Å². The summed E-state index contributed by atoms with van der Waals surface area (Å²) in [5, 5.41) is 0. The zero-order valence-electron chi connectivity index (χ0n) is 13.0. The minimum atomic E-state index is -0.270. The van der Waals surface area contributed by atoms with Gasteiger partial charge in [0.15, 0.2) is 11.5 Å². The molecule has 0 aliphatic carbocycles. The smallest absolute Gasteiger partial charge is 0.290 e. The number of carbonyl (C=O) groups is 2. The fourth-order valence-corrected chi connectivity index (χ4v) is 2.77. The van der Waals surface area contributed by atoms with Crippen LogP contribution in [0.25, 0.3) is 0 Å². The van der Waals surface area contributed by atoms with Crippen molar-refractivity contribution in [3.63, 3.8) is 0 Å². The minimum absolute atomic E-state index is 0.00932. The maximum atomic E-state index is 12.7. The molecule has 0 unspecified atom stereocenters. The molecule has 0 N–H and O–H groups in total. The number of amides is 1. The molecule has 0 radical (unpaired) electrons. The molecule has 1 aromatic carbocycles. The molecular formula is C18H19NO4. The second-order valence-electron chi connectivity index (χ2n) is 5.65. The third-order valence-corrected chi connectivity index (χ3v) is 4.06. The van der Waals surface area contributed by atoms with Crippen LogP contribution >= 0.6 is 0 Å². The molecule has 0 saturated carbocycles. The number of benzene rings is 1. The Bertz CT molecular complexity index is 692. The van der Waals surface area contributed by atoms with Crippen molar-refractivity contribution in [2.24, 2.45) is 0 Å². The molecule has 120 valence electrons. The van der Waals surface area contributed by atoms with Gasteiger partial charge in [-0.05, 0) is 13.0 Å². The predicted molar refractivity (Wildman–Crippen MR) is 84.5 cm³/mol. The second kappa shape index (κ2) is 6.79. The molecule has 23 heavy (non-hydrogen) atoms. The van der Waals surface area contributed by atoms with E-state index in [1.54, 1.807) is 23.1 Å². The van der Waals surface area contributed by atoms with Crippen molar-refractivity contribution in [2.75, 3.05) is 19.8 Å². The highest BCUT2D eigenvalue weighted by Crippen LogP contribution is 2.19. The number of nitrogens with zero attached hydrogens (tertiary/aromatic N) is 1. The highest BCUT2D eigenvalue weighted by atomic mass is 16.5. The van der Waals surface area contributed by atoms with Gasteiger partial charge in [0.25, 0.3) is 5.91 Å². The van der Waals surface area contributed by atoms with Crippen molar-refractivity contribution in [2.45, 2.75) is 19.4 Å². The molecule has 1 atom stereocenters. The fraction of sp³-hybridized carbons (Fsp3) is 0.333. The van der Waals surface area contributed by atoms with Crippen LogP contribution in [0.2, 0.25) is 0 Å². The van der Waals surface area contributed by atoms with Gasteiger partial charge in [0, 0.05) is 24.1 Å². The number of hydrogen-bond acceptors (Lipinski definition) is 4. The number of furan rings is 1. The van der Waals surface area contributed by atoms with Crippen molar-refractivity contribution >= 4 is 11.7 Å². The summed E-state index contributed by atoms with van der Waals surface area (Å²) in [6.07, 6.45) is 1.75. The van der Waals surface area contributed by atoms with E-state index in [1.807, 2.05) is 25.1 Å². The van der Waals surface area contributed by atoms with E-state index < -0.39 is 0 Å². The average molecular weight is 313 g/mol. The summed E-state index contributed by atoms with van der Waals surface area (Å²) in [7, 11) is 0. The highest BCUT2D eigenvalue weighted by molar-refractivity contribution is 5.97. The van der Waals surface area contributed by atoms with E-state index in [0.29, 0.717) is 31.1 Å². The van der Waals surface area contributed by atoms with Gasteiger partial charge in [-0.1, -0.05) is 30.3 Å². The molecule has 1 aliphatic rings. The maximum Gasteiger partial charge on any atom is 0.290 e. The Hall–Kier alpha value is -2.40. The van der Waals surface area contributed by atoms with E-state index in [4.69, 9.17) is 9.15 Å².